The third-order valence-electron chi connectivity index (χ3n) is 4.48. The zero-order valence-electron chi connectivity index (χ0n) is 18.0. The van der Waals surface area contributed by atoms with Crippen molar-refractivity contribution in [2.24, 2.45) is 4.99 Å². The van der Waals surface area contributed by atoms with Crippen molar-refractivity contribution in [3.8, 4) is 5.69 Å². The van der Waals surface area contributed by atoms with E-state index in [1.54, 1.807) is 18.3 Å². The summed E-state index contributed by atoms with van der Waals surface area (Å²) in [4.78, 5) is 21.1. The summed E-state index contributed by atoms with van der Waals surface area (Å²) in [6.45, 7) is -2.49. The molecular formula is C20H18BrN5O2. The van der Waals surface area contributed by atoms with Gasteiger partial charge in [0, 0.05) is 26.8 Å². The predicted octanol–water partition coefficient (Wildman–Crippen LogP) is 3.58. The number of nitrogens with zero attached hydrogens (tertiary/aromatic N) is 5. The minimum Gasteiger partial charge on any atom is -0.469 e. The summed E-state index contributed by atoms with van der Waals surface area (Å²) in [5, 5.41) is 8.14. The number of aromatic nitrogens is 4. The molecule has 1 aliphatic rings. The number of aliphatic imine (C=N–C) groups is 1. The molecule has 1 aromatic carbocycles. The number of carbonyl (C=O) groups excluding carboxylic acids is 1. The van der Waals surface area contributed by atoms with Gasteiger partial charge in [0.25, 0.3) is 0 Å². The molecule has 0 unspecified atom stereocenters. The Bertz CT molecular complexity index is 1160. The lowest BCUT2D eigenvalue weighted by atomic mass is 10.0. The van der Waals surface area contributed by atoms with Crippen LogP contribution in [0.3, 0.4) is 0 Å². The summed E-state index contributed by atoms with van der Waals surface area (Å²) in [7, 11) is 1.32. The lowest BCUT2D eigenvalue weighted by Crippen LogP contribution is -2.09. The zero-order valence-corrected chi connectivity index (χ0v) is 16.5. The van der Waals surface area contributed by atoms with Crippen LogP contribution in [0.2, 0.25) is 0 Å². The molecule has 0 N–H and O–H groups in total. The molecule has 3 aromatic rings. The van der Waals surface area contributed by atoms with E-state index in [0.717, 1.165) is 4.47 Å². The molecule has 0 saturated carbocycles. The minimum atomic E-state index is -2.49. The molecule has 0 spiro atoms. The molecule has 7 nitrogen and oxygen atoms in total. The molecule has 0 bridgehead atoms. The van der Waals surface area contributed by atoms with Crippen LogP contribution < -0.4 is 0 Å². The highest BCUT2D eigenvalue weighted by molar-refractivity contribution is 9.10. The van der Waals surface area contributed by atoms with Gasteiger partial charge < -0.3 is 4.74 Å². The highest BCUT2D eigenvalue weighted by Crippen LogP contribution is 2.34. The number of halogens is 1. The number of aryl methyl sites for hydroxylation is 1. The fraction of sp³-hybridized carbons (Fsp3) is 0.250. The maximum absolute atomic E-state index is 11.8. The Balaban J connectivity index is 1.98. The van der Waals surface area contributed by atoms with Crippen LogP contribution in [-0.4, -0.2) is 38.5 Å². The van der Waals surface area contributed by atoms with Gasteiger partial charge in [0.05, 0.1) is 24.2 Å². The second kappa shape index (κ2) is 7.63. The highest BCUT2D eigenvalue weighted by Gasteiger charge is 2.29. The average Bonchev–Trinajstić information content (AvgIpc) is 3.15. The van der Waals surface area contributed by atoms with Crippen LogP contribution in [0, 0.1) is 6.85 Å². The summed E-state index contributed by atoms with van der Waals surface area (Å²) >= 11 is 3.49. The van der Waals surface area contributed by atoms with Gasteiger partial charge in [-0.3, -0.25) is 19.3 Å². The fourth-order valence-corrected chi connectivity index (χ4v) is 3.54. The molecule has 0 radical (unpaired) electrons. The highest BCUT2D eigenvalue weighted by atomic mass is 79.9. The Morgan fingerprint density at radius 3 is 2.96 bits per heavy atom. The third-order valence-corrected chi connectivity index (χ3v) is 4.98. The number of hydrogen-bond acceptors (Lipinski definition) is 6. The van der Waals surface area contributed by atoms with Crippen molar-refractivity contribution >= 4 is 27.6 Å². The molecule has 2 aromatic heterocycles. The first kappa shape index (κ1) is 15.1. The van der Waals surface area contributed by atoms with E-state index in [2.05, 4.69) is 31.1 Å². The Kier molecular flexibility index (Phi) is 4.12. The topological polar surface area (TPSA) is 82.3 Å². The molecule has 0 saturated heterocycles. The summed E-state index contributed by atoms with van der Waals surface area (Å²) in [5.74, 6) is -0.197. The SMILES string of the molecule is [2H]C([2H])([2H])c1nnc2n1-c1ccc(Br)cc1C(c1ccccn1)=N[C@H]2CCC(=O)OC. The van der Waals surface area contributed by atoms with Crippen LogP contribution in [0.5, 0.6) is 0 Å². The lowest BCUT2D eigenvalue weighted by Gasteiger charge is -2.12. The average molecular weight is 443 g/mol. The van der Waals surface area contributed by atoms with E-state index < -0.39 is 12.9 Å². The Morgan fingerprint density at radius 1 is 1.32 bits per heavy atom. The van der Waals surface area contributed by atoms with Crippen molar-refractivity contribution in [1.82, 2.24) is 19.7 Å². The quantitative estimate of drug-likeness (QED) is 0.576. The molecule has 3 heterocycles. The fourth-order valence-electron chi connectivity index (χ4n) is 3.18. The van der Waals surface area contributed by atoms with Gasteiger partial charge in [-0.1, -0.05) is 22.0 Å². The van der Waals surface area contributed by atoms with E-state index in [1.807, 2.05) is 24.3 Å². The molecule has 0 amide bonds. The Hall–Kier alpha value is -2.87. The van der Waals surface area contributed by atoms with Gasteiger partial charge in [-0.2, -0.15) is 0 Å². The van der Waals surface area contributed by atoms with Gasteiger partial charge >= 0.3 is 5.97 Å². The normalized spacial score (nSPS) is 17.3. The molecular weight excluding hydrogens is 422 g/mol. The second-order valence-electron chi connectivity index (χ2n) is 6.20. The standard InChI is InChI=1S/C20H18BrN5O2/c1-12-24-25-20-16(7-9-18(27)28-2)23-19(15-5-3-4-10-22-15)14-11-13(21)6-8-17(14)26(12)20/h3-6,8,10-11,16H,7,9H2,1-2H3/t16-/m0/s1/i1D3. The van der Waals surface area contributed by atoms with Crippen LogP contribution in [0.25, 0.3) is 5.69 Å². The summed E-state index contributed by atoms with van der Waals surface area (Å²) < 4.78 is 30.9. The van der Waals surface area contributed by atoms with Gasteiger partial charge in [-0.15, -0.1) is 10.2 Å². The number of fused-ring (bicyclic) bond motifs is 3. The molecule has 0 fully saturated rings. The molecule has 0 aliphatic carbocycles. The van der Waals surface area contributed by atoms with Crippen molar-refractivity contribution in [3.63, 3.8) is 0 Å². The first-order valence-corrected chi connectivity index (χ1v) is 9.41. The van der Waals surface area contributed by atoms with Gasteiger partial charge in [0.15, 0.2) is 5.82 Å². The largest absolute Gasteiger partial charge is 0.469 e. The van der Waals surface area contributed by atoms with Gasteiger partial charge in [0.1, 0.15) is 11.9 Å². The Morgan fingerprint density at radius 2 is 2.21 bits per heavy atom. The number of benzene rings is 1. The van der Waals surface area contributed by atoms with E-state index in [1.165, 1.54) is 11.7 Å². The van der Waals surface area contributed by atoms with Crippen molar-refractivity contribution in [1.29, 1.82) is 0 Å². The van der Waals surface area contributed by atoms with E-state index in [4.69, 9.17) is 13.8 Å². The number of hydrogen-bond donors (Lipinski definition) is 0. The van der Waals surface area contributed by atoms with Crippen molar-refractivity contribution in [2.75, 3.05) is 7.11 Å². The molecule has 4 rings (SSSR count). The maximum atomic E-state index is 11.8. The zero-order chi connectivity index (χ0) is 22.2. The molecule has 8 heteroatoms. The molecule has 1 atom stereocenters. The number of pyridine rings is 1. The Labute approximate surface area is 174 Å². The first-order valence-electron chi connectivity index (χ1n) is 10.1. The predicted molar refractivity (Wildman–Crippen MR) is 108 cm³/mol. The third kappa shape index (κ3) is 3.35. The number of methoxy groups -OCH3 is 1. The van der Waals surface area contributed by atoms with E-state index in [0.29, 0.717) is 28.5 Å². The van der Waals surface area contributed by atoms with Crippen LogP contribution >= 0.6 is 15.9 Å². The minimum absolute atomic E-state index is 0.0934. The van der Waals surface area contributed by atoms with Gasteiger partial charge in [-0.25, -0.2) is 0 Å². The van der Waals surface area contributed by atoms with Crippen molar-refractivity contribution < 1.29 is 13.6 Å². The summed E-state index contributed by atoms with van der Waals surface area (Å²) in [6.07, 6.45) is 2.03. The van der Waals surface area contributed by atoms with Crippen molar-refractivity contribution in [3.05, 3.63) is 70.0 Å². The number of ether oxygens (including phenoxy) is 1. The van der Waals surface area contributed by atoms with Crippen LogP contribution in [0.1, 0.15) is 45.9 Å². The van der Waals surface area contributed by atoms with E-state index >= 15 is 0 Å². The van der Waals surface area contributed by atoms with Crippen LogP contribution in [0.15, 0.2) is 52.1 Å². The van der Waals surface area contributed by atoms with Crippen LogP contribution in [-0.2, 0) is 9.53 Å². The summed E-state index contributed by atoms with van der Waals surface area (Å²) in [6, 6.07) is 10.3. The number of carbonyl (C=O) groups is 1. The summed E-state index contributed by atoms with van der Waals surface area (Å²) in [5.41, 5.74) is 2.47. The number of rotatable bonds is 4. The smallest absolute Gasteiger partial charge is 0.305 e. The van der Waals surface area contributed by atoms with E-state index in [9.17, 15) is 4.79 Å². The lowest BCUT2D eigenvalue weighted by molar-refractivity contribution is -0.140. The monoisotopic (exact) mass is 442 g/mol. The maximum Gasteiger partial charge on any atom is 0.305 e. The molecule has 142 valence electrons. The number of esters is 1. The van der Waals surface area contributed by atoms with Crippen molar-refractivity contribution in [2.45, 2.75) is 25.7 Å². The van der Waals surface area contributed by atoms with Gasteiger partial charge in [0.2, 0.25) is 0 Å². The van der Waals surface area contributed by atoms with Crippen LogP contribution in [0.4, 0.5) is 0 Å². The molecule has 28 heavy (non-hydrogen) atoms. The van der Waals surface area contributed by atoms with Gasteiger partial charge in [-0.05, 0) is 43.6 Å². The second-order valence-corrected chi connectivity index (χ2v) is 7.12. The molecule has 1 aliphatic heterocycles. The van der Waals surface area contributed by atoms with E-state index in [-0.39, 0.29) is 24.6 Å². The first-order chi connectivity index (χ1) is 14.8.